The molecule has 1 heterocycles. The molecule has 1 aromatic heterocycles. The fraction of sp³-hybridized carbons (Fsp3) is 0.308. The SMILES string of the molecule is CC(C)Oc1ccc2[nH]c(=O)c(CCl)cc2c1. The van der Waals surface area contributed by atoms with Gasteiger partial charge >= 0.3 is 0 Å². The van der Waals surface area contributed by atoms with Crippen molar-refractivity contribution in [1.82, 2.24) is 4.98 Å². The van der Waals surface area contributed by atoms with Gasteiger partial charge in [-0.3, -0.25) is 4.79 Å². The number of hydrogen-bond donors (Lipinski definition) is 1. The molecule has 0 amide bonds. The van der Waals surface area contributed by atoms with Crippen molar-refractivity contribution in [3.8, 4) is 5.75 Å². The van der Waals surface area contributed by atoms with Gasteiger partial charge in [-0.1, -0.05) is 0 Å². The number of halogens is 1. The van der Waals surface area contributed by atoms with Crippen molar-refractivity contribution in [3.05, 3.63) is 40.2 Å². The van der Waals surface area contributed by atoms with Crippen molar-refractivity contribution in [2.75, 3.05) is 0 Å². The number of fused-ring (bicyclic) bond motifs is 1. The van der Waals surface area contributed by atoms with Crippen molar-refractivity contribution < 1.29 is 4.74 Å². The van der Waals surface area contributed by atoms with E-state index in [2.05, 4.69) is 4.98 Å². The zero-order chi connectivity index (χ0) is 12.4. The van der Waals surface area contributed by atoms with Gasteiger partial charge in [0.25, 0.3) is 5.56 Å². The Labute approximate surface area is 104 Å². The second-order valence-electron chi connectivity index (χ2n) is 4.17. The van der Waals surface area contributed by atoms with Gasteiger partial charge in [-0.2, -0.15) is 0 Å². The van der Waals surface area contributed by atoms with Crippen molar-refractivity contribution in [3.63, 3.8) is 0 Å². The Morgan fingerprint density at radius 1 is 1.35 bits per heavy atom. The smallest absolute Gasteiger partial charge is 0.252 e. The van der Waals surface area contributed by atoms with E-state index in [-0.39, 0.29) is 17.5 Å². The summed E-state index contributed by atoms with van der Waals surface area (Å²) in [5.41, 5.74) is 1.23. The fourth-order valence-corrected chi connectivity index (χ4v) is 1.87. The molecular formula is C13H14ClNO2. The molecule has 0 spiro atoms. The fourth-order valence-electron chi connectivity index (χ4n) is 1.67. The number of H-pyrrole nitrogens is 1. The molecule has 1 aromatic carbocycles. The van der Waals surface area contributed by atoms with Crippen LogP contribution in [0.25, 0.3) is 10.9 Å². The van der Waals surface area contributed by atoms with Crippen LogP contribution in [-0.4, -0.2) is 11.1 Å². The van der Waals surface area contributed by atoms with Gasteiger partial charge in [0.05, 0.1) is 12.0 Å². The minimum Gasteiger partial charge on any atom is -0.491 e. The van der Waals surface area contributed by atoms with E-state index in [0.717, 1.165) is 16.7 Å². The first-order valence-electron chi connectivity index (χ1n) is 5.48. The summed E-state index contributed by atoms with van der Waals surface area (Å²) < 4.78 is 5.60. The molecule has 0 unspecified atom stereocenters. The Hall–Kier alpha value is -1.48. The summed E-state index contributed by atoms with van der Waals surface area (Å²) in [5.74, 6) is 1.00. The highest BCUT2D eigenvalue weighted by atomic mass is 35.5. The van der Waals surface area contributed by atoms with Crippen molar-refractivity contribution in [1.29, 1.82) is 0 Å². The molecule has 3 nitrogen and oxygen atoms in total. The molecule has 90 valence electrons. The lowest BCUT2D eigenvalue weighted by Gasteiger charge is -2.10. The van der Waals surface area contributed by atoms with Gasteiger partial charge in [0.1, 0.15) is 5.75 Å². The number of aromatic amines is 1. The van der Waals surface area contributed by atoms with Gasteiger partial charge in [-0.05, 0) is 38.1 Å². The van der Waals surface area contributed by atoms with Gasteiger partial charge in [0.2, 0.25) is 0 Å². The summed E-state index contributed by atoms with van der Waals surface area (Å²) in [7, 11) is 0. The number of aromatic nitrogens is 1. The molecule has 1 N–H and O–H groups in total. The highest BCUT2D eigenvalue weighted by Gasteiger charge is 2.04. The van der Waals surface area contributed by atoms with Crippen LogP contribution >= 0.6 is 11.6 Å². The number of rotatable bonds is 3. The van der Waals surface area contributed by atoms with Crippen LogP contribution < -0.4 is 10.3 Å². The molecule has 2 aromatic rings. The number of nitrogens with one attached hydrogen (secondary N) is 1. The number of pyridine rings is 1. The average molecular weight is 252 g/mol. The van der Waals surface area contributed by atoms with Crippen LogP contribution in [0, 0.1) is 0 Å². The first-order valence-corrected chi connectivity index (χ1v) is 6.02. The van der Waals surface area contributed by atoms with Crippen molar-refractivity contribution in [2.45, 2.75) is 25.8 Å². The predicted octanol–water partition coefficient (Wildman–Crippen LogP) is 3.05. The molecule has 4 heteroatoms. The summed E-state index contributed by atoms with van der Waals surface area (Å²) in [6, 6.07) is 7.39. The van der Waals surface area contributed by atoms with E-state index >= 15 is 0 Å². The molecule has 0 aliphatic carbocycles. The van der Waals surface area contributed by atoms with Gasteiger partial charge < -0.3 is 9.72 Å². The van der Waals surface area contributed by atoms with E-state index in [1.54, 1.807) is 6.07 Å². The molecule has 0 aliphatic rings. The monoisotopic (exact) mass is 251 g/mol. The third-order valence-electron chi connectivity index (χ3n) is 2.41. The highest BCUT2D eigenvalue weighted by molar-refractivity contribution is 6.17. The Balaban J connectivity index is 2.52. The number of ether oxygens (including phenoxy) is 1. The Kier molecular flexibility index (Phi) is 3.38. The van der Waals surface area contributed by atoms with E-state index in [1.165, 1.54) is 0 Å². The summed E-state index contributed by atoms with van der Waals surface area (Å²) >= 11 is 5.71. The number of benzene rings is 1. The Bertz CT molecular complexity index is 589. The standard InChI is InChI=1S/C13H14ClNO2/c1-8(2)17-11-3-4-12-9(6-11)5-10(7-14)13(16)15-12/h3-6,8H,7H2,1-2H3,(H,15,16). The molecule has 17 heavy (non-hydrogen) atoms. The van der Waals surface area contributed by atoms with Gasteiger partial charge in [-0.15, -0.1) is 11.6 Å². The largest absolute Gasteiger partial charge is 0.491 e. The van der Waals surface area contributed by atoms with Gasteiger partial charge in [-0.25, -0.2) is 0 Å². The Morgan fingerprint density at radius 2 is 2.12 bits per heavy atom. The first-order chi connectivity index (χ1) is 8.10. The van der Waals surface area contributed by atoms with E-state index in [1.807, 2.05) is 32.0 Å². The van der Waals surface area contributed by atoms with Crippen LogP contribution in [0.1, 0.15) is 19.4 Å². The molecule has 0 aliphatic heterocycles. The second kappa shape index (κ2) is 4.80. The third-order valence-corrected chi connectivity index (χ3v) is 2.70. The zero-order valence-corrected chi connectivity index (χ0v) is 10.5. The van der Waals surface area contributed by atoms with E-state index in [9.17, 15) is 4.79 Å². The van der Waals surface area contributed by atoms with E-state index in [4.69, 9.17) is 16.3 Å². The van der Waals surface area contributed by atoms with Crippen molar-refractivity contribution in [2.24, 2.45) is 0 Å². The molecule has 0 saturated carbocycles. The van der Waals surface area contributed by atoms with Gasteiger partial charge in [0, 0.05) is 16.5 Å². The molecule has 0 atom stereocenters. The lowest BCUT2D eigenvalue weighted by atomic mass is 10.1. The Morgan fingerprint density at radius 3 is 2.76 bits per heavy atom. The minimum absolute atomic E-state index is 0.128. The lowest BCUT2D eigenvalue weighted by molar-refractivity contribution is 0.243. The molecular weight excluding hydrogens is 238 g/mol. The van der Waals surface area contributed by atoms with Gasteiger partial charge in [0.15, 0.2) is 0 Å². The maximum Gasteiger partial charge on any atom is 0.252 e. The molecule has 0 fully saturated rings. The normalized spacial score (nSPS) is 11.1. The number of alkyl halides is 1. The third kappa shape index (κ3) is 2.61. The minimum atomic E-state index is -0.134. The first kappa shape index (κ1) is 12.0. The molecule has 0 saturated heterocycles. The summed E-state index contributed by atoms with van der Waals surface area (Å²) in [5, 5.41) is 0.929. The second-order valence-corrected chi connectivity index (χ2v) is 4.44. The zero-order valence-electron chi connectivity index (χ0n) is 9.79. The molecule has 2 rings (SSSR count). The highest BCUT2D eigenvalue weighted by Crippen LogP contribution is 2.20. The summed E-state index contributed by atoms with van der Waals surface area (Å²) in [6.07, 6.45) is 0.128. The van der Waals surface area contributed by atoms with Crippen LogP contribution in [-0.2, 0) is 5.88 Å². The maximum absolute atomic E-state index is 11.6. The molecule has 0 radical (unpaired) electrons. The maximum atomic E-state index is 11.6. The van der Waals surface area contributed by atoms with Crippen LogP contribution in [0.2, 0.25) is 0 Å². The van der Waals surface area contributed by atoms with Crippen molar-refractivity contribution >= 4 is 22.5 Å². The van der Waals surface area contributed by atoms with Crippen LogP contribution in [0.3, 0.4) is 0 Å². The van der Waals surface area contributed by atoms with E-state index < -0.39 is 0 Å². The lowest BCUT2D eigenvalue weighted by Crippen LogP contribution is -2.11. The topological polar surface area (TPSA) is 42.1 Å². The quantitative estimate of drug-likeness (QED) is 0.852. The van der Waals surface area contributed by atoms with Crippen LogP contribution in [0.15, 0.2) is 29.1 Å². The van der Waals surface area contributed by atoms with Crippen LogP contribution in [0.4, 0.5) is 0 Å². The number of hydrogen-bond acceptors (Lipinski definition) is 2. The molecule has 0 bridgehead atoms. The predicted molar refractivity (Wildman–Crippen MR) is 69.9 cm³/mol. The summed E-state index contributed by atoms with van der Waals surface area (Å²) in [6.45, 7) is 3.95. The van der Waals surface area contributed by atoms with Crippen LogP contribution in [0.5, 0.6) is 5.75 Å². The van der Waals surface area contributed by atoms with E-state index in [0.29, 0.717) is 5.56 Å². The average Bonchev–Trinajstić information content (AvgIpc) is 2.28. The summed E-state index contributed by atoms with van der Waals surface area (Å²) in [4.78, 5) is 14.3.